The van der Waals surface area contributed by atoms with Gasteiger partial charge in [-0.1, -0.05) is 41.9 Å². The average molecular weight is 410 g/mol. The molecule has 0 aliphatic heterocycles. The molecular formula is C22H16ClNO5. The van der Waals surface area contributed by atoms with Crippen molar-refractivity contribution in [2.45, 2.75) is 6.54 Å². The maximum atomic E-state index is 13.0. The summed E-state index contributed by atoms with van der Waals surface area (Å²) in [4.78, 5) is 25.2. The van der Waals surface area contributed by atoms with E-state index in [0.29, 0.717) is 21.9 Å². The zero-order valence-electron chi connectivity index (χ0n) is 15.2. The Morgan fingerprint density at radius 1 is 1.07 bits per heavy atom. The zero-order valence-corrected chi connectivity index (χ0v) is 15.9. The highest BCUT2D eigenvalue weighted by molar-refractivity contribution is 6.31. The molecule has 0 aliphatic rings. The summed E-state index contributed by atoms with van der Waals surface area (Å²) in [6.07, 6.45) is 1.52. The van der Waals surface area contributed by atoms with Crippen molar-refractivity contribution in [2.24, 2.45) is 0 Å². The van der Waals surface area contributed by atoms with Crippen molar-refractivity contribution in [1.29, 1.82) is 0 Å². The van der Waals surface area contributed by atoms with Gasteiger partial charge in [-0.15, -0.1) is 0 Å². The topological polar surface area (TPSA) is 81.7 Å². The van der Waals surface area contributed by atoms with Gasteiger partial charge >= 0.3 is 0 Å². The minimum Gasteiger partial charge on any atom is -0.476 e. The second-order valence-corrected chi connectivity index (χ2v) is 6.68. The fraction of sp³-hybridized carbons (Fsp3) is 0.0909. The first-order chi connectivity index (χ1) is 14.1. The standard InChI is InChI=1S/C22H16ClNO5/c23-15-8-9-18-17(11-15)20(26)22(21(29-18)14-5-2-1-3-6-14)28-13-19(25)24-12-16-7-4-10-27-16/h1-11H,12-13H2,(H,24,25). The molecule has 0 bridgehead atoms. The van der Waals surface area contributed by atoms with Crippen molar-refractivity contribution in [1.82, 2.24) is 5.32 Å². The van der Waals surface area contributed by atoms with Crippen LogP contribution in [0.4, 0.5) is 0 Å². The Balaban J connectivity index is 1.65. The molecule has 6 nitrogen and oxygen atoms in total. The van der Waals surface area contributed by atoms with Crippen LogP contribution in [0.2, 0.25) is 5.02 Å². The maximum absolute atomic E-state index is 13.0. The molecule has 1 N–H and O–H groups in total. The van der Waals surface area contributed by atoms with Crippen molar-refractivity contribution in [2.75, 3.05) is 6.61 Å². The van der Waals surface area contributed by atoms with Crippen LogP contribution in [-0.4, -0.2) is 12.5 Å². The number of hydrogen-bond donors (Lipinski definition) is 1. The lowest BCUT2D eigenvalue weighted by molar-refractivity contribution is -0.123. The Bertz CT molecular complexity index is 1200. The van der Waals surface area contributed by atoms with E-state index in [1.54, 1.807) is 36.4 Å². The lowest BCUT2D eigenvalue weighted by Gasteiger charge is -2.12. The van der Waals surface area contributed by atoms with E-state index < -0.39 is 11.3 Å². The van der Waals surface area contributed by atoms with E-state index in [1.165, 1.54) is 12.3 Å². The largest absolute Gasteiger partial charge is 0.476 e. The molecule has 4 aromatic rings. The summed E-state index contributed by atoms with van der Waals surface area (Å²) in [5.41, 5.74) is 0.645. The van der Waals surface area contributed by atoms with E-state index in [1.807, 2.05) is 18.2 Å². The van der Waals surface area contributed by atoms with E-state index in [0.717, 1.165) is 0 Å². The Labute approximate surface area is 170 Å². The van der Waals surface area contributed by atoms with E-state index in [4.69, 9.17) is 25.2 Å². The molecule has 0 saturated carbocycles. The lowest BCUT2D eigenvalue weighted by atomic mass is 10.1. The minimum atomic E-state index is -0.397. The highest BCUT2D eigenvalue weighted by Gasteiger charge is 2.19. The number of carbonyl (C=O) groups is 1. The third-order valence-electron chi connectivity index (χ3n) is 4.23. The summed E-state index contributed by atoms with van der Waals surface area (Å²) in [6.45, 7) is -0.125. The number of hydrogen-bond acceptors (Lipinski definition) is 5. The van der Waals surface area contributed by atoms with Gasteiger partial charge in [0.2, 0.25) is 11.2 Å². The molecule has 2 aromatic heterocycles. The summed E-state index contributed by atoms with van der Waals surface area (Å²) in [5, 5.41) is 3.35. The summed E-state index contributed by atoms with van der Waals surface area (Å²) in [6, 6.07) is 17.4. The summed E-state index contributed by atoms with van der Waals surface area (Å²) >= 11 is 6.02. The summed E-state index contributed by atoms with van der Waals surface area (Å²) in [7, 11) is 0. The van der Waals surface area contributed by atoms with Crippen LogP contribution in [0.15, 0.2) is 80.6 Å². The highest BCUT2D eigenvalue weighted by atomic mass is 35.5. The molecule has 2 aromatic carbocycles. The van der Waals surface area contributed by atoms with E-state index >= 15 is 0 Å². The van der Waals surface area contributed by atoms with Crippen molar-refractivity contribution in [3.05, 3.63) is 87.9 Å². The van der Waals surface area contributed by atoms with Gasteiger partial charge in [0, 0.05) is 10.6 Å². The van der Waals surface area contributed by atoms with Crippen molar-refractivity contribution >= 4 is 28.5 Å². The zero-order chi connectivity index (χ0) is 20.2. The van der Waals surface area contributed by atoms with Crippen LogP contribution >= 0.6 is 11.6 Å². The number of carbonyl (C=O) groups excluding carboxylic acids is 1. The van der Waals surface area contributed by atoms with Crippen LogP contribution in [0, 0.1) is 0 Å². The van der Waals surface area contributed by atoms with Crippen LogP contribution in [-0.2, 0) is 11.3 Å². The number of halogens is 1. The normalized spacial score (nSPS) is 10.8. The van der Waals surface area contributed by atoms with Crippen LogP contribution < -0.4 is 15.5 Å². The van der Waals surface area contributed by atoms with Gasteiger partial charge in [0.05, 0.1) is 18.2 Å². The van der Waals surface area contributed by atoms with E-state index in [-0.39, 0.29) is 30.0 Å². The Morgan fingerprint density at radius 2 is 1.90 bits per heavy atom. The number of fused-ring (bicyclic) bond motifs is 1. The number of rotatable bonds is 6. The van der Waals surface area contributed by atoms with Gasteiger partial charge in [0.15, 0.2) is 12.4 Å². The number of benzene rings is 2. The van der Waals surface area contributed by atoms with E-state index in [9.17, 15) is 9.59 Å². The molecular weight excluding hydrogens is 394 g/mol. The van der Waals surface area contributed by atoms with Crippen LogP contribution in [0.1, 0.15) is 5.76 Å². The molecule has 0 unspecified atom stereocenters. The minimum absolute atomic E-state index is 0.0425. The first-order valence-electron chi connectivity index (χ1n) is 8.85. The van der Waals surface area contributed by atoms with Gasteiger partial charge in [-0.3, -0.25) is 9.59 Å². The maximum Gasteiger partial charge on any atom is 0.258 e. The predicted octanol–water partition coefficient (Wildman–Crippen LogP) is 4.40. The van der Waals surface area contributed by atoms with Crippen molar-refractivity contribution in [3.63, 3.8) is 0 Å². The molecule has 4 rings (SSSR count). The molecule has 0 saturated heterocycles. The Kier molecular flexibility index (Phi) is 5.35. The Hall–Kier alpha value is -3.51. The molecule has 0 radical (unpaired) electrons. The molecule has 2 heterocycles. The summed E-state index contributed by atoms with van der Waals surface area (Å²) in [5.74, 6) is 0.428. The molecule has 0 aliphatic carbocycles. The van der Waals surface area contributed by atoms with Crippen molar-refractivity contribution in [3.8, 4) is 17.1 Å². The first-order valence-corrected chi connectivity index (χ1v) is 9.23. The van der Waals surface area contributed by atoms with Gasteiger partial charge in [0.1, 0.15) is 11.3 Å². The van der Waals surface area contributed by atoms with Crippen LogP contribution in [0.5, 0.6) is 5.75 Å². The molecule has 1 amide bonds. The number of nitrogens with one attached hydrogen (secondary N) is 1. The third-order valence-corrected chi connectivity index (χ3v) is 4.47. The first kappa shape index (κ1) is 18.8. The molecule has 0 fully saturated rings. The molecule has 7 heteroatoms. The van der Waals surface area contributed by atoms with Gasteiger partial charge in [-0.25, -0.2) is 0 Å². The number of amides is 1. The lowest BCUT2D eigenvalue weighted by Crippen LogP contribution is -2.29. The summed E-state index contributed by atoms with van der Waals surface area (Å²) < 4.78 is 16.7. The van der Waals surface area contributed by atoms with Crippen LogP contribution in [0.3, 0.4) is 0 Å². The van der Waals surface area contributed by atoms with Gasteiger partial charge in [-0.2, -0.15) is 0 Å². The monoisotopic (exact) mass is 409 g/mol. The fourth-order valence-electron chi connectivity index (χ4n) is 2.85. The molecule has 0 spiro atoms. The third kappa shape index (κ3) is 4.17. The fourth-order valence-corrected chi connectivity index (χ4v) is 3.02. The Morgan fingerprint density at radius 3 is 2.66 bits per heavy atom. The predicted molar refractivity (Wildman–Crippen MR) is 109 cm³/mol. The van der Waals surface area contributed by atoms with Crippen molar-refractivity contribution < 1.29 is 18.4 Å². The van der Waals surface area contributed by atoms with Gasteiger partial charge in [-0.05, 0) is 30.3 Å². The van der Waals surface area contributed by atoms with Gasteiger partial charge < -0.3 is 18.9 Å². The molecule has 29 heavy (non-hydrogen) atoms. The average Bonchev–Trinajstić information content (AvgIpc) is 3.26. The SMILES string of the molecule is O=C(COc1c(-c2ccccc2)oc2ccc(Cl)cc2c1=O)NCc1ccco1. The van der Waals surface area contributed by atoms with E-state index in [2.05, 4.69) is 5.32 Å². The number of ether oxygens (including phenoxy) is 1. The second kappa shape index (κ2) is 8.24. The van der Waals surface area contributed by atoms with Crippen LogP contribution in [0.25, 0.3) is 22.3 Å². The quantitative estimate of drug-likeness (QED) is 0.510. The highest BCUT2D eigenvalue weighted by Crippen LogP contribution is 2.31. The smallest absolute Gasteiger partial charge is 0.258 e. The second-order valence-electron chi connectivity index (χ2n) is 6.24. The molecule has 146 valence electrons. The van der Waals surface area contributed by atoms with Gasteiger partial charge in [0.25, 0.3) is 5.91 Å². The molecule has 0 atom stereocenters. The number of furan rings is 1.